The van der Waals surface area contributed by atoms with Gasteiger partial charge in [-0.05, 0) is 18.2 Å². The third-order valence-corrected chi connectivity index (χ3v) is 4.14. The van der Waals surface area contributed by atoms with Crippen LogP contribution >= 0.6 is 0 Å². The van der Waals surface area contributed by atoms with Gasteiger partial charge in [0, 0.05) is 12.8 Å². The lowest BCUT2D eigenvalue weighted by molar-refractivity contribution is -1.26. The summed E-state index contributed by atoms with van der Waals surface area (Å²) in [6, 6.07) is -0.0847. The predicted molar refractivity (Wildman–Crippen MR) is 80.3 cm³/mol. The van der Waals surface area contributed by atoms with Gasteiger partial charge in [0.05, 0.1) is 0 Å². The zero-order valence-electron chi connectivity index (χ0n) is 13.8. The van der Waals surface area contributed by atoms with Crippen LogP contribution in [0.5, 0.6) is 0 Å². The van der Waals surface area contributed by atoms with Crippen LogP contribution in [0.1, 0.15) is 91.4 Å². The molecule has 0 aliphatic rings. The van der Waals surface area contributed by atoms with Crippen LogP contribution in [-0.2, 0) is 0 Å². The molecule has 1 unspecified atom stereocenters. The topological polar surface area (TPSA) is 40.5 Å². The second kappa shape index (κ2) is 14.1. The number of nitrogens with zero attached hydrogens (tertiary/aromatic N) is 1. The first-order valence-corrected chi connectivity index (χ1v) is 8.37. The number of hydrogen-bond acceptors (Lipinski definition) is 2. The molecule has 0 spiro atoms. The molecule has 0 fully saturated rings. The fourth-order valence-corrected chi connectivity index (χ4v) is 2.34. The summed E-state index contributed by atoms with van der Waals surface area (Å²) < 4.78 is 0. The zero-order chi connectivity index (χ0) is 14.6. The van der Waals surface area contributed by atoms with Gasteiger partial charge in [-0.2, -0.15) is 10.4 Å². The summed E-state index contributed by atoms with van der Waals surface area (Å²) in [6.07, 6.45) is 13.5. The molecule has 0 aromatic rings. The summed E-state index contributed by atoms with van der Waals surface area (Å²) in [5, 5.41) is 19.6. The van der Waals surface area contributed by atoms with Crippen molar-refractivity contribution in [2.24, 2.45) is 0 Å². The molecule has 0 aromatic carbocycles. The molecule has 4 heteroatoms. The Kier molecular flexibility index (Phi) is 15.9. The minimum Gasteiger partial charge on any atom is -1.00 e. The van der Waals surface area contributed by atoms with E-state index < -0.39 is 4.81 Å². The molecule has 0 saturated heterocycles. The molecule has 0 aliphatic heterocycles. The third-order valence-electron chi connectivity index (χ3n) is 4.14. The Hall–Kier alpha value is 0.170. The fraction of sp³-hybridized carbons (Fsp3) is 1.00. The van der Waals surface area contributed by atoms with Crippen molar-refractivity contribution >= 4 is 0 Å². The van der Waals surface area contributed by atoms with Crippen LogP contribution in [0.2, 0.25) is 0 Å². The van der Waals surface area contributed by atoms with E-state index in [1.54, 1.807) is 0 Å². The van der Waals surface area contributed by atoms with Gasteiger partial charge in [0.1, 0.15) is 12.6 Å². The van der Waals surface area contributed by atoms with Crippen molar-refractivity contribution < 1.29 is 27.6 Å². The van der Waals surface area contributed by atoms with E-state index in [1.807, 2.05) is 13.8 Å². The average molecular weight is 310 g/mol. The highest BCUT2D eigenvalue weighted by molar-refractivity contribution is 4.48. The summed E-state index contributed by atoms with van der Waals surface area (Å²) in [6.45, 7) is 6.59. The Labute approximate surface area is 132 Å². The quantitative estimate of drug-likeness (QED) is 0.311. The maximum Gasteiger partial charge on any atom is 0.149 e. The van der Waals surface area contributed by atoms with Crippen molar-refractivity contribution in [2.75, 3.05) is 6.54 Å². The minimum absolute atomic E-state index is 0. The van der Waals surface area contributed by atoms with E-state index in [9.17, 15) is 10.4 Å². The Morgan fingerprint density at radius 1 is 0.750 bits per heavy atom. The van der Waals surface area contributed by atoms with Crippen LogP contribution in [0.15, 0.2) is 0 Å². The molecule has 0 radical (unpaired) electrons. The second-order valence-corrected chi connectivity index (χ2v) is 5.95. The molecule has 1 atom stereocenters. The van der Waals surface area contributed by atoms with Crippen LogP contribution < -0.4 is 12.4 Å². The minimum atomic E-state index is -0.798. The number of unbranched alkanes of at least 4 members (excludes halogenated alkanes) is 9. The normalized spacial score (nSPS) is 13.1. The highest BCUT2D eigenvalue weighted by atomic mass is 35.5. The highest BCUT2D eigenvalue weighted by Gasteiger charge is 2.28. The Balaban J connectivity index is 0. The van der Waals surface area contributed by atoms with E-state index in [-0.39, 0.29) is 18.4 Å². The molecule has 0 aromatic heterocycles. The Bertz CT molecular complexity index is 201. The molecule has 3 nitrogen and oxygen atoms in total. The molecular weight excluding hydrogens is 274 g/mol. The maximum atomic E-state index is 9.80. The zero-order valence-corrected chi connectivity index (χ0v) is 14.5. The van der Waals surface area contributed by atoms with Gasteiger partial charge in [-0.1, -0.05) is 65.2 Å². The van der Waals surface area contributed by atoms with Crippen LogP contribution in [0.3, 0.4) is 0 Å². The van der Waals surface area contributed by atoms with Gasteiger partial charge in [0.25, 0.3) is 0 Å². The summed E-state index contributed by atoms with van der Waals surface area (Å²) >= 11 is 0. The molecule has 0 bridgehead atoms. The summed E-state index contributed by atoms with van der Waals surface area (Å²) in [5.74, 6) is 0. The maximum absolute atomic E-state index is 9.80. The molecule has 20 heavy (non-hydrogen) atoms. The number of rotatable bonds is 13. The van der Waals surface area contributed by atoms with Crippen molar-refractivity contribution in [2.45, 2.75) is 97.4 Å². The van der Waals surface area contributed by atoms with Gasteiger partial charge in [-0.25, -0.2) is 0 Å². The van der Waals surface area contributed by atoms with Crippen molar-refractivity contribution in [1.82, 2.24) is 0 Å². The molecule has 0 heterocycles. The van der Waals surface area contributed by atoms with E-state index in [2.05, 4.69) is 6.92 Å². The SMILES string of the molecule is CCCCCCCCCCCC[N+](O)(O)C(C)CC.[Cl-]. The van der Waals surface area contributed by atoms with Gasteiger partial charge < -0.3 is 12.4 Å². The van der Waals surface area contributed by atoms with Gasteiger partial charge in [-0.3, -0.25) is 0 Å². The third kappa shape index (κ3) is 12.0. The van der Waals surface area contributed by atoms with Crippen LogP contribution in [0.4, 0.5) is 0 Å². The van der Waals surface area contributed by atoms with Crippen LogP contribution in [0, 0.1) is 0 Å². The highest BCUT2D eigenvalue weighted by Crippen LogP contribution is 2.14. The first kappa shape index (κ1) is 22.5. The number of quaternary nitrogens is 1. The van der Waals surface area contributed by atoms with E-state index >= 15 is 0 Å². The molecular formula is C16H36ClNO2. The van der Waals surface area contributed by atoms with Crippen LogP contribution in [0.25, 0.3) is 0 Å². The summed E-state index contributed by atoms with van der Waals surface area (Å²) in [4.78, 5) is -0.798. The first-order valence-electron chi connectivity index (χ1n) is 8.37. The smallest absolute Gasteiger partial charge is 0.149 e. The van der Waals surface area contributed by atoms with Crippen molar-refractivity contribution in [3.8, 4) is 0 Å². The molecule has 0 saturated carbocycles. The fourth-order valence-electron chi connectivity index (χ4n) is 2.34. The monoisotopic (exact) mass is 309 g/mol. The van der Waals surface area contributed by atoms with Gasteiger partial charge in [0.15, 0.2) is 0 Å². The van der Waals surface area contributed by atoms with Gasteiger partial charge in [-0.15, -0.1) is 0 Å². The van der Waals surface area contributed by atoms with E-state index in [0.29, 0.717) is 6.54 Å². The lowest BCUT2D eigenvalue weighted by Gasteiger charge is -2.26. The van der Waals surface area contributed by atoms with E-state index in [0.717, 1.165) is 19.3 Å². The van der Waals surface area contributed by atoms with E-state index in [4.69, 9.17) is 0 Å². The first-order chi connectivity index (χ1) is 9.04. The van der Waals surface area contributed by atoms with E-state index in [1.165, 1.54) is 51.4 Å². The van der Waals surface area contributed by atoms with Crippen molar-refractivity contribution in [1.29, 1.82) is 0 Å². The largest absolute Gasteiger partial charge is 1.00 e. The Morgan fingerprint density at radius 2 is 1.15 bits per heavy atom. The molecule has 0 aliphatic carbocycles. The standard InChI is InChI=1S/C16H36NO2.ClH/c1-4-6-7-8-9-10-11-12-13-14-15-17(18,19)16(3)5-2;/h16,18-19H,4-15H2,1-3H3;1H/q+1;/p-1. The second-order valence-electron chi connectivity index (χ2n) is 5.95. The number of hydrogen-bond donors (Lipinski definition) is 2. The molecule has 0 rings (SSSR count). The Morgan fingerprint density at radius 3 is 1.55 bits per heavy atom. The van der Waals surface area contributed by atoms with Gasteiger partial charge >= 0.3 is 0 Å². The summed E-state index contributed by atoms with van der Waals surface area (Å²) in [5.41, 5.74) is 0. The van der Waals surface area contributed by atoms with Crippen molar-refractivity contribution in [3.63, 3.8) is 0 Å². The molecule has 0 amide bonds. The predicted octanol–water partition coefficient (Wildman–Crippen LogP) is 2.30. The lowest BCUT2D eigenvalue weighted by atomic mass is 10.1. The van der Waals surface area contributed by atoms with Crippen molar-refractivity contribution in [3.05, 3.63) is 0 Å². The summed E-state index contributed by atoms with van der Waals surface area (Å²) in [7, 11) is 0. The van der Waals surface area contributed by atoms with Crippen LogP contribution in [-0.4, -0.2) is 27.8 Å². The average Bonchev–Trinajstić information content (AvgIpc) is 2.39. The molecule has 124 valence electrons. The lowest BCUT2D eigenvalue weighted by Crippen LogP contribution is -3.00. The molecule has 2 N–H and O–H groups in total. The number of hydroxylamine groups is 4. The number of halogens is 1. The van der Waals surface area contributed by atoms with Gasteiger partial charge in [0.2, 0.25) is 0 Å².